The number of nitrogens with zero attached hydrogens (tertiary/aromatic N) is 2. The smallest absolute Gasteiger partial charge is 0.299 e. The van der Waals surface area contributed by atoms with Crippen LogP contribution in [0.1, 0.15) is 23.2 Å². The Hall–Kier alpha value is -4.21. The second-order valence-electron chi connectivity index (χ2n) is 8.68. The van der Waals surface area contributed by atoms with Gasteiger partial charge in [-0.05, 0) is 79.6 Å². The molecule has 8 nitrogen and oxygen atoms in total. The van der Waals surface area contributed by atoms with Crippen molar-refractivity contribution in [2.24, 2.45) is 0 Å². The van der Waals surface area contributed by atoms with Crippen LogP contribution < -0.4 is 20.9 Å². The fraction of sp³-hybridized carbons (Fsp3) is 0.179. The van der Waals surface area contributed by atoms with Gasteiger partial charge in [-0.25, -0.2) is 4.39 Å². The Morgan fingerprint density at radius 1 is 1.13 bits per heavy atom. The summed E-state index contributed by atoms with van der Waals surface area (Å²) in [6, 6.07) is 18.8. The zero-order valence-electron chi connectivity index (χ0n) is 20.2. The normalized spacial score (nSPS) is 14.7. The zero-order valence-corrected chi connectivity index (χ0v) is 21.0. The number of aromatic nitrogens is 2. The first-order valence-corrected chi connectivity index (χ1v) is 12.4. The van der Waals surface area contributed by atoms with E-state index in [9.17, 15) is 14.0 Å². The summed E-state index contributed by atoms with van der Waals surface area (Å²) in [5.41, 5.74) is 0.981. The third kappa shape index (κ3) is 6.01. The molecule has 0 saturated carbocycles. The third-order valence-electron chi connectivity index (χ3n) is 5.97. The number of ether oxygens (including phenoxy) is 2. The van der Waals surface area contributed by atoms with E-state index in [1.54, 1.807) is 48.5 Å². The highest BCUT2D eigenvalue weighted by Crippen LogP contribution is 2.30. The van der Waals surface area contributed by atoms with E-state index in [2.05, 4.69) is 15.7 Å². The fourth-order valence-corrected chi connectivity index (χ4v) is 4.20. The SMILES string of the molecule is O=C(NCC1CCCO1)c1ccc(Nc2c(Oc3cccc(Cl)c3)cnn(-c3ccc(F)cc3)c2=O)cc1. The van der Waals surface area contributed by atoms with Crippen molar-refractivity contribution < 1.29 is 18.7 Å². The molecule has 2 heterocycles. The first-order valence-electron chi connectivity index (χ1n) is 12.0. The van der Waals surface area contributed by atoms with E-state index in [0.717, 1.165) is 24.1 Å². The van der Waals surface area contributed by atoms with Crippen molar-refractivity contribution in [3.8, 4) is 17.2 Å². The Balaban J connectivity index is 1.41. The Bertz CT molecular complexity index is 1490. The monoisotopic (exact) mass is 534 g/mol. The lowest BCUT2D eigenvalue weighted by Crippen LogP contribution is -2.31. The molecule has 2 N–H and O–H groups in total. The summed E-state index contributed by atoms with van der Waals surface area (Å²) in [6.45, 7) is 1.19. The molecule has 1 saturated heterocycles. The van der Waals surface area contributed by atoms with E-state index in [0.29, 0.717) is 34.3 Å². The second kappa shape index (κ2) is 11.5. The van der Waals surface area contributed by atoms with Crippen molar-refractivity contribution in [2.45, 2.75) is 18.9 Å². The highest BCUT2D eigenvalue weighted by atomic mass is 35.5. The van der Waals surface area contributed by atoms with E-state index in [-0.39, 0.29) is 23.4 Å². The van der Waals surface area contributed by atoms with Gasteiger partial charge in [-0.1, -0.05) is 17.7 Å². The number of benzene rings is 3. The minimum atomic E-state index is -0.519. The van der Waals surface area contributed by atoms with Crippen LogP contribution in [0.5, 0.6) is 11.5 Å². The molecule has 1 amide bonds. The van der Waals surface area contributed by atoms with Crippen LogP contribution in [0.3, 0.4) is 0 Å². The van der Waals surface area contributed by atoms with Gasteiger partial charge in [-0.2, -0.15) is 9.78 Å². The molecule has 38 heavy (non-hydrogen) atoms. The molecule has 1 atom stereocenters. The number of carbonyl (C=O) groups is 1. The summed E-state index contributed by atoms with van der Waals surface area (Å²) in [5, 5.41) is 10.6. The Labute approximate surface area is 223 Å². The molecule has 10 heteroatoms. The minimum absolute atomic E-state index is 0.0489. The number of amides is 1. The van der Waals surface area contributed by atoms with Crippen LogP contribution in [-0.2, 0) is 4.74 Å². The van der Waals surface area contributed by atoms with Crippen LogP contribution in [0.2, 0.25) is 5.02 Å². The van der Waals surface area contributed by atoms with E-state index >= 15 is 0 Å². The third-order valence-corrected chi connectivity index (χ3v) is 6.20. The highest BCUT2D eigenvalue weighted by Gasteiger charge is 2.18. The second-order valence-corrected chi connectivity index (χ2v) is 9.12. The topological polar surface area (TPSA) is 94.5 Å². The average molecular weight is 535 g/mol. The molecular weight excluding hydrogens is 511 g/mol. The summed E-state index contributed by atoms with van der Waals surface area (Å²) < 4.78 is 26.1. The molecule has 4 aromatic rings. The Morgan fingerprint density at radius 2 is 1.92 bits per heavy atom. The summed E-state index contributed by atoms with van der Waals surface area (Å²) in [4.78, 5) is 26.0. The van der Waals surface area contributed by atoms with Gasteiger partial charge >= 0.3 is 0 Å². The van der Waals surface area contributed by atoms with Crippen molar-refractivity contribution >= 4 is 28.9 Å². The van der Waals surface area contributed by atoms with E-state index in [1.165, 1.54) is 30.5 Å². The molecule has 0 radical (unpaired) electrons. The van der Waals surface area contributed by atoms with Gasteiger partial charge in [-0.15, -0.1) is 0 Å². The summed E-state index contributed by atoms with van der Waals surface area (Å²) in [7, 11) is 0. The van der Waals surface area contributed by atoms with Crippen molar-refractivity contribution in [1.82, 2.24) is 15.1 Å². The van der Waals surface area contributed by atoms with Gasteiger partial charge < -0.3 is 20.1 Å². The number of nitrogens with one attached hydrogen (secondary N) is 2. The van der Waals surface area contributed by atoms with Crippen LogP contribution in [-0.4, -0.2) is 34.9 Å². The predicted molar refractivity (Wildman–Crippen MR) is 142 cm³/mol. The highest BCUT2D eigenvalue weighted by molar-refractivity contribution is 6.30. The number of anilines is 2. The zero-order chi connectivity index (χ0) is 26.5. The summed E-state index contributed by atoms with van der Waals surface area (Å²) >= 11 is 6.08. The molecule has 0 aliphatic carbocycles. The molecule has 0 bridgehead atoms. The maximum absolute atomic E-state index is 13.5. The maximum atomic E-state index is 13.5. The van der Waals surface area contributed by atoms with Crippen LogP contribution in [0.4, 0.5) is 15.8 Å². The van der Waals surface area contributed by atoms with Crippen LogP contribution >= 0.6 is 11.6 Å². The molecule has 1 unspecified atom stereocenters. The largest absolute Gasteiger partial charge is 0.453 e. The maximum Gasteiger partial charge on any atom is 0.299 e. The van der Waals surface area contributed by atoms with Crippen molar-refractivity contribution in [3.63, 3.8) is 0 Å². The molecule has 1 aliphatic rings. The molecule has 194 valence electrons. The lowest BCUT2D eigenvalue weighted by Gasteiger charge is -2.15. The van der Waals surface area contributed by atoms with Gasteiger partial charge in [0.1, 0.15) is 11.6 Å². The minimum Gasteiger partial charge on any atom is -0.453 e. The predicted octanol–water partition coefficient (Wildman–Crippen LogP) is 5.47. The summed E-state index contributed by atoms with van der Waals surface area (Å²) in [5.74, 6) is -0.0610. The van der Waals surface area contributed by atoms with E-state index < -0.39 is 11.4 Å². The molecular formula is C28H24ClFN4O4. The number of halogens is 2. The first kappa shape index (κ1) is 25.4. The van der Waals surface area contributed by atoms with Crippen LogP contribution in [0.25, 0.3) is 5.69 Å². The van der Waals surface area contributed by atoms with Crippen molar-refractivity contribution in [2.75, 3.05) is 18.5 Å². The molecule has 5 rings (SSSR count). The number of rotatable bonds is 8. The standard InChI is InChI=1S/C28H24ClFN4O4/c29-19-3-1-4-23(15-19)38-25-17-32-34(22-12-8-20(30)9-13-22)28(36)26(25)33-21-10-6-18(7-11-21)27(35)31-16-24-5-2-14-37-24/h1,3-4,6-13,15,17,24,33H,2,5,14,16H2,(H,31,35). The fourth-order valence-electron chi connectivity index (χ4n) is 4.02. The van der Waals surface area contributed by atoms with Gasteiger partial charge in [-0.3, -0.25) is 9.59 Å². The lowest BCUT2D eigenvalue weighted by molar-refractivity contribution is 0.0858. The Kier molecular flexibility index (Phi) is 7.67. The van der Waals surface area contributed by atoms with Crippen LogP contribution in [0, 0.1) is 5.82 Å². The molecule has 3 aromatic carbocycles. The number of carbonyl (C=O) groups excluding carboxylic acids is 1. The quantitative estimate of drug-likeness (QED) is 0.311. The average Bonchev–Trinajstić information content (AvgIpc) is 3.44. The van der Waals surface area contributed by atoms with Gasteiger partial charge in [0.2, 0.25) is 0 Å². The van der Waals surface area contributed by atoms with E-state index in [1.807, 2.05) is 0 Å². The molecule has 0 spiro atoms. The molecule has 1 aliphatic heterocycles. The summed E-state index contributed by atoms with van der Waals surface area (Å²) in [6.07, 6.45) is 3.38. The molecule has 1 aromatic heterocycles. The van der Waals surface area contributed by atoms with Crippen molar-refractivity contribution in [3.05, 3.63) is 106 Å². The van der Waals surface area contributed by atoms with E-state index in [4.69, 9.17) is 21.1 Å². The number of hydrogen-bond donors (Lipinski definition) is 2. The number of hydrogen-bond acceptors (Lipinski definition) is 6. The lowest BCUT2D eigenvalue weighted by atomic mass is 10.1. The Morgan fingerprint density at radius 3 is 2.63 bits per heavy atom. The van der Waals surface area contributed by atoms with Gasteiger partial charge in [0, 0.05) is 29.4 Å². The van der Waals surface area contributed by atoms with Gasteiger partial charge in [0.05, 0.1) is 18.0 Å². The van der Waals surface area contributed by atoms with Gasteiger partial charge in [0.25, 0.3) is 11.5 Å². The molecule has 1 fully saturated rings. The van der Waals surface area contributed by atoms with Gasteiger partial charge in [0.15, 0.2) is 11.4 Å². The van der Waals surface area contributed by atoms with Crippen LogP contribution in [0.15, 0.2) is 83.8 Å². The van der Waals surface area contributed by atoms with Crippen molar-refractivity contribution in [1.29, 1.82) is 0 Å². The first-order chi connectivity index (χ1) is 18.5.